The summed E-state index contributed by atoms with van der Waals surface area (Å²) < 4.78 is 0. The number of carbonyl (C=O) groups excluding carboxylic acids is 1. The molecule has 1 aliphatic heterocycles. The monoisotopic (exact) mass is 286 g/mol. The van der Waals surface area contributed by atoms with E-state index < -0.39 is 0 Å². The van der Waals surface area contributed by atoms with Gasteiger partial charge >= 0.3 is 0 Å². The van der Waals surface area contributed by atoms with Gasteiger partial charge in [-0.3, -0.25) is 10.1 Å². The van der Waals surface area contributed by atoms with E-state index in [1.807, 2.05) is 6.07 Å². The quantitative estimate of drug-likeness (QED) is 0.922. The summed E-state index contributed by atoms with van der Waals surface area (Å²) in [5.74, 6) is 0.628. The van der Waals surface area contributed by atoms with Gasteiger partial charge in [0.1, 0.15) is 6.17 Å². The van der Waals surface area contributed by atoms with Gasteiger partial charge in [-0.1, -0.05) is 63.4 Å². The molecule has 0 radical (unpaired) electrons. The number of nitrogens with zero attached hydrogens (tertiary/aromatic N) is 1. The Morgan fingerprint density at radius 1 is 1.10 bits per heavy atom. The third-order valence-electron chi connectivity index (χ3n) is 4.89. The van der Waals surface area contributed by atoms with Gasteiger partial charge in [0.25, 0.3) is 0 Å². The van der Waals surface area contributed by atoms with Crippen LogP contribution in [0.25, 0.3) is 0 Å². The van der Waals surface area contributed by atoms with Crippen LogP contribution in [0.3, 0.4) is 0 Å². The molecule has 3 heteroatoms. The summed E-state index contributed by atoms with van der Waals surface area (Å²) >= 11 is 0. The smallest absolute Gasteiger partial charge is 0.241 e. The second-order valence-corrected chi connectivity index (χ2v) is 6.74. The Balaban J connectivity index is 1.89. The highest BCUT2D eigenvalue weighted by molar-refractivity contribution is 5.85. The summed E-state index contributed by atoms with van der Waals surface area (Å²) in [5.41, 5.74) is 1.21. The second-order valence-electron chi connectivity index (χ2n) is 6.74. The summed E-state index contributed by atoms with van der Waals surface area (Å²) in [5, 5.41) is 3.58. The van der Waals surface area contributed by atoms with E-state index in [0.717, 1.165) is 12.8 Å². The van der Waals surface area contributed by atoms with Crippen molar-refractivity contribution in [1.29, 1.82) is 0 Å². The van der Waals surface area contributed by atoms with Crippen LogP contribution in [0.15, 0.2) is 30.3 Å². The summed E-state index contributed by atoms with van der Waals surface area (Å²) in [6.45, 7) is 4.25. The van der Waals surface area contributed by atoms with Gasteiger partial charge in [-0.25, -0.2) is 0 Å². The first-order valence-electron chi connectivity index (χ1n) is 8.31. The van der Waals surface area contributed by atoms with Crippen molar-refractivity contribution in [3.05, 3.63) is 35.9 Å². The SMILES string of the molecule is CC(C)C1NC(c2ccccc2)N(C2CCCCC2)C1=O. The fourth-order valence-corrected chi connectivity index (χ4v) is 3.73. The van der Waals surface area contributed by atoms with Gasteiger partial charge in [0, 0.05) is 6.04 Å². The Hall–Kier alpha value is -1.35. The van der Waals surface area contributed by atoms with Crippen LogP contribution >= 0.6 is 0 Å². The molecular weight excluding hydrogens is 260 g/mol. The molecule has 0 aromatic heterocycles. The molecule has 3 rings (SSSR count). The minimum Gasteiger partial charge on any atom is -0.319 e. The molecular formula is C18H26N2O. The van der Waals surface area contributed by atoms with Gasteiger partial charge < -0.3 is 4.90 Å². The van der Waals surface area contributed by atoms with Crippen molar-refractivity contribution in [2.45, 2.75) is 64.2 Å². The first-order chi connectivity index (χ1) is 10.2. The molecule has 2 atom stereocenters. The lowest BCUT2D eigenvalue weighted by atomic mass is 9.93. The topological polar surface area (TPSA) is 32.3 Å². The average Bonchev–Trinajstić information content (AvgIpc) is 2.87. The highest BCUT2D eigenvalue weighted by Gasteiger charge is 2.44. The summed E-state index contributed by atoms with van der Waals surface area (Å²) in [4.78, 5) is 15.0. The molecule has 1 saturated carbocycles. The molecule has 1 saturated heterocycles. The molecule has 2 fully saturated rings. The van der Waals surface area contributed by atoms with Gasteiger partial charge in [0.05, 0.1) is 6.04 Å². The Labute approximate surface area is 127 Å². The Kier molecular flexibility index (Phi) is 4.29. The van der Waals surface area contributed by atoms with Crippen molar-refractivity contribution < 1.29 is 4.79 Å². The van der Waals surface area contributed by atoms with E-state index in [1.54, 1.807) is 0 Å². The zero-order valence-corrected chi connectivity index (χ0v) is 13.1. The summed E-state index contributed by atoms with van der Waals surface area (Å²) in [6.07, 6.45) is 6.18. The van der Waals surface area contributed by atoms with Gasteiger partial charge in [-0.15, -0.1) is 0 Å². The predicted octanol–water partition coefficient (Wildman–Crippen LogP) is 3.47. The van der Waals surface area contributed by atoms with Crippen LogP contribution in [0.1, 0.15) is 57.7 Å². The largest absolute Gasteiger partial charge is 0.319 e. The maximum Gasteiger partial charge on any atom is 0.241 e. The third kappa shape index (κ3) is 2.84. The molecule has 1 aliphatic carbocycles. The Bertz CT molecular complexity index is 479. The van der Waals surface area contributed by atoms with Crippen molar-refractivity contribution in [2.75, 3.05) is 0 Å². The first kappa shape index (κ1) is 14.6. The van der Waals surface area contributed by atoms with Gasteiger partial charge in [-0.05, 0) is 24.3 Å². The number of benzene rings is 1. The van der Waals surface area contributed by atoms with Crippen LogP contribution < -0.4 is 5.32 Å². The van der Waals surface area contributed by atoms with Crippen molar-refractivity contribution in [3.63, 3.8) is 0 Å². The standard InChI is InChI=1S/C18H26N2O/c1-13(2)16-18(21)20(15-11-7-4-8-12-15)17(19-16)14-9-5-3-6-10-14/h3,5-6,9-10,13,15-17,19H,4,7-8,11-12H2,1-2H3. The lowest BCUT2D eigenvalue weighted by molar-refractivity contribution is -0.133. The van der Waals surface area contributed by atoms with Gasteiger partial charge in [0.2, 0.25) is 5.91 Å². The van der Waals surface area contributed by atoms with E-state index in [1.165, 1.54) is 24.8 Å². The van der Waals surface area contributed by atoms with Crippen molar-refractivity contribution in [2.24, 2.45) is 5.92 Å². The molecule has 0 spiro atoms. The minimum absolute atomic E-state index is 0.0443. The van der Waals surface area contributed by atoms with Crippen molar-refractivity contribution >= 4 is 5.91 Å². The van der Waals surface area contributed by atoms with E-state index in [-0.39, 0.29) is 12.2 Å². The van der Waals surface area contributed by atoms with Crippen LogP contribution in [0.4, 0.5) is 0 Å². The van der Waals surface area contributed by atoms with E-state index in [0.29, 0.717) is 17.9 Å². The molecule has 1 aromatic carbocycles. The number of nitrogens with one attached hydrogen (secondary N) is 1. The lowest BCUT2D eigenvalue weighted by Crippen LogP contribution is -2.41. The fourth-order valence-electron chi connectivity index (χ4n) is 3.73. The van der Waals surface area contributed by atoms with Crippen LogP contribution in [-0.4, -0.2) is 22.9 Å². The van der Waals surface area contributed by atoms with Crippen molar-refractivity contribution in [1.82, 2.24) is 10.2 Å². The van der Waals surface area contributed by atoms with Crippen LogP contribution in [0.5, 0.6) is 0 Å². The molecule has 114 valence electrons. The minimum atomic E-state index is -0.0443. The summed E-state index contributed by atoms with van der Waals surface area (Å²) in [6, 6.07) is 10.8. The first-order valence-corrected chi connectivity index (χ1v) is 8.31. The normalized spacial score (nSPS) is 27.6. The fraction of sp³-hybridized carbons (Fsp3) is 0.611. The molecule has 1 amide bonds. The number of rotatable bonds is 3. The number of carbonyl (C=O) groups is 1. The number of hydrogen-bond donors (Lipinski definition) is 1. The van der Waals surface area contributed by atoms with Gasteiger partial charge in [-0.2, -0.15) is 0 Å². The molecule has 2 aliphatic rings. The molecule has 2 unspecified atom stereocenters. The molecule has 0 bridgehead atoms. The molecule has 1 N–H and O–H groups in total. The maximum atomic E-state index is 12.9. The highest BCUT2D eigenvalue weighted by atomic mass is 16.2. The highest BCUT2D eigenvalue weighted by Crippen LogP contribution is 2.34. The Morgan fingerprint density at radius 3 is 2.38 bits per heavy atom. The lowest BCUT2D eigenvalue weighted by Gasteiger charge is -2.35. The van der Waals surface area contributed by atoms with E-state index in [4.69, 9.17) is 0 Å². The zero-order chi connectivity index (χ0) is 14.8. The second kappa shape index (κ2) is 6.18. The van der Waals surface area contributed by atoms with Crippen molar-refractivity contribution in [3.8, 4) is 0 Å². The van der Waals surface area contributed by atoms with Gasteiger partial charge in [0.15, 0.2) is 0 Å². The van der Waals surface area contributed by atoms with Crippen LogP contribution in [-0.2, 0) is 4.79 Å². The molecule has 1 aromatic rings. The molecule has 1 heterocycles. The third-order valence-corrected chi connectivity index (χ3v) is 4.89. The number of hydrogen-bond acceptors (Lipinski definition) is 2. The molecule has 3 nitrogen and oxygen atoms in total. The van der Waals surface area contributed by atoms with E-state index in [9.17, 15) is 4.79 Å². The Morgan fingerprint density at radius 2 is 1.76 bits per heavy atom. The number of amides is 1. The van der Waals surface area contributed by atoms with E-state index >= 15 is 0 Å². The molecule has 21 heavy (non-hydrogen) atoms. The zero-order valence-electron chi connectivity index (χ0n) is 13.1. The van der Waals surface area contributed by atoms with Crippen LogP contribution in [0.2, 0.25) is 0 Å². The predicted molar refractivity (Wildman–Crippen MR) is 84.7 cm³/mol. The summed E-state index contributed by atoms with van der Waals surface area (Å²) in [7, 11) is 0. The maximum absolute atomic E-state index is 12.9. The van der Waals surface area contributed by atoms with Crippen LogP contribution in [0, 0.1) is 5.92 Å². The average molecular weight is 286 g/mol. The van der Waals surface area contributed by atoms with E-state index in [2.05, 4.69) is 48.3 Å².